The number of fused-ring (bicyclic) bond motifs is 10. The first-order valence-electron chi connectivity index (χ1n) is 18.1. The van der Waals surface area contributed by atoms with E-state index in [0.717, 1.165) is 27.5 Å². The van der Waals surface area contributed by atoms with Crippen molar-refractivity contribution in [3.63, 3.8) is 0 Å². The van der Waals surface area contributed by atoms with Gasteiger partial charge in [0.05, 0.1) is 0 Å². The molecule has 0 saturated heterocycles. The van der Waals surface area contributed by atoms with Gasteiger partial charge in [0.2, 0.25) is 0 Å². The highest BCUT2D eigenvalue weighted by Gasteiger charge is 2.45. The van der Waals surface area contributed by atoms with Crippen molar-refractivity contribution in [2.45, 2.75) is 38.5 Å². The van der Waals surface area contributed by atoms with Gasteiger partial charge in [-0.25, -0.2) is 15.0 Å². The van der Waals surface area contributed by atoms with E-state index in [1.165, 1.54) is 54.6 Å². The normalized spacial score (nSPS) is 14.5. The first kappa shape index (κ1) is 30.6. The smallest absolute Gasteiger partial charge is 0.164 e. The van der Waals surface area contributed by atoms with Gasteiger partial charge < -0.3 is 0 Å². The van der Waals surface area contributed by atoms with Crippen LogP contribution in [0.3, 0.4) is 0 Å². The molecule has 0 bridgehead atoms. The topological polar surface area (TPSA) is 38.7 Å². The molecule has 1 aliphatic carbocycles. The lowest BCUT2D eigenvalue weighted by Crippen LogP contribution is -2.43. The van der Waals surface area contributed by atoms with Gasteiger partial charge >= 0.3 is 0 Å². The molecular formula is C49H37N3. The zero-order chi connectivity index (χ0) is 35.2. The summed E-state index contributed by atoms with van der Waals surface area (Å²) >= 11 is 0. The minimum absolute atomic E-state index is 0.0794. The molecule has 3 heteroatoms. The molecule has 0 saturated carbocycles. The summed E-state index contributed by atoms with van der Waals surface area (Å²) in [6, 6.07) is 54.5. The van der Waals surface area contributed by atoms with Crippen molar-refractivity contribution in [1.82, 2.24) is 15.0 Å². The zero-order valence-corrected chi connectivity index (χ0v) is 29.8. The lowest BCUT2D eigenvalue weighted by Gasteiger charge is -2.48. The van der Waals surface area contributed by atoms with E-state index in [0.29, 0.717) is 17.5 Å². The van der Waals surface area contributed by atoms with Crippen LogP contribution in [0.1, 0.15) is 38.8 Å². The summed E-state index contributed by atoms with van der Waals surface area (Å²) < 4.78 is 0. The van der Waals surface area contributed by atoms with E-state index in [1.54, 1.807) is 0 Å². The predicted molar refractivity (Wildman–Crippen MR) is 218 cm³/mol. The van der Waals surface area contributed by atoms with Gasteiger partial charge in [-0.05, 0) is 82.9 Å². The van der Waals surface area contributed by atoms with Gasteiger partial charge in [0.25, 0.3) is 0 Å². The van der Waals surface area contributed by atoms with Crippen LogP contribution in [0, 0.1) is 0 Å². The fourth-order valence-corrected chi connectivity index (χ4v) is 8.60. The molecule has 248 valence electrons. The fourth-order valence-electron chi connectivity index (χ4n) is 8.60. The van der Waals surface area contributed by atoms with Crippen LogP contribution in [-0.2, 0) is 10.8 Å². The molecule has 9 aromatic rings. The van der Waals surface area contributed by atoms with Crippen molar-refractivity contribution < 1.29 is 0 Å². The van der Waals surface area contributed by atoms with Crippen molar-refractivity contribution in [1.29, 1.82) is 0 Å². The van der Waals surface area contributed by atoms with Gasteiger partial charge in [0, 0.05) is 22.1 Å². The maximum atomic E-state index is 5.38. The van der Waals surface area contributed by atoms with Gasteiger partial charge in [0.1, 0.15) is 0 Å². The molecular weight excluding hydrogens is 631 g/mol. The number of hydrogen-bond donors (Lipinski definition) is 0. The minimum atomic E-state index is -0.138. The third kappa shape index (κ3) is 4.42. The highest BCUT2D eigenvalue weighted by molar-refractivity contribution is 6.28. The van der Waals surface area contributed by atoms with Crippen molar-refractivity contribution in [3.05, 3.63) is 163 Å². The predicted octanol–water partition coefficient (Wildman–Crippen LogP) is 12.7. The van der Waals surface area contributed by atoms with E-state index < -0.39 is 0 Å². The van der Waals surface area contributed by atoms with Crippen LogP contribution in [0.5, 0.6) is 0 Å². The second kappa shape index (κ2) is 11.2. The molecule has 1 heterocycles. The molecule has 0 unspecified atom stereocenters. The van der Waals surface area contributed by atoms with E-state index in [9.17, 15) is 0 Å². The number of aromatic nitrogens is 3. The molecule has 10 rings (SSSR count). The number of hydrogen-bond acceptors (Lipinski definition) is 3. The van der Waals surface area contributed by atoms with E-state index >= 15 is 0 Å². The molecule has 0 fully saturated rings. The Labute approximate surface area is 303 Å². The molecule has 0 N–H and O–H groups in total. The van der Waals surface area contributed by atoms with E-state index in [4.69, 9.17) is 15.0 Å². The van der Waals surface area contributed by atoms with Crippen molar-refractivity contribution in [2.75, 3.05) is 0 Å². The van der Waals surface area contributed by atoms with E-state index in [-0.39, 0.29) is 10.8 Å². The summed E-state index contributed by atoms with van der Waals surface area (Å²) in [7, 11) is 0. The van der Waals surface area contributed by atoms with Crippen LogP contribution in [0.2, 0.25) is 0 Å². The Morgan fingerprint density at radius 3 is 1.67 bits per heavy atom. The van der Waals surface area contributed by atoms with Crippen molar-refractivity contribution >= 4 is 43.1 Å². The minimum Gasteiger partial charge on any atom is -0.208 e. The standard InChI is InChI=1S/C49H37N3/c1-48(2)41-21-13-12-20-37(41)38-26-25-34(29-42(38)49(48,3)4)46-50-45(32-16-6-5-7-17-32)51-47(52-46)40-28-33-23-22-30-14-8-10-18-35(30)43(33)39-27-24-31-15-9-11-19-36(31)44(39)40/h5-29H,1-4H3. The molecule has 3 nitrogen and oxygen atoms in total. The average Bonchev–Trinajstić information content (AvgIpc) is 3.19. The highest BCUT2D eigenvalue weighted by atomic mass is 15.0. The first-order valence-corrected chi connectivity index (χ1v) is 18.1. The maximum Gasteiger partial charge on any atom is 0.164 e. The Bertz CT molecular complexity index is 2900. The fraction of sp³-hybridized carbons (Fsp3) is 0.122. The summed E-state index contributed by atoms with van der Waals surface area (Å²) in [6.07, 6.45) is 0. The van der Waals surface area contributed by atoms with Crippen molar-refractivity contribution in [3.8, 4) is 45.3 Å². The highest BCUT2D eigenvalue weighted by Crippen LogP contribution is 2.54. The molecule has 0 amide bonds. The summed E-state index contributed by atoms with van der Waals surface area (Å²) in [5.74, 6) is 2.00. The summed E-state index contributed by atoms with van der Waals surface area (Å²) in [6.45, 7) is 9.48. The number of rotatable bonds is 3. The zero-order valence-electron chi connectivity index (χ0n) is 29.8. The first-order chi connectivity index (χ1) is 25.3. The molecule has 52 heavy (non-hydrogen) atoms. The van der Waals surface area contributed by atoms with E-state index in [2.05, 4.69) is 161 Å². The quantitative estimate of drug-likeness (QED) is 0.176. The van der Waals surface area contributed by atoms with Crippen molar-refractivity contribution in [2.24, 2.45) is 0 Å². The largest absolute Gasteiger partial charge is 0.208 e. The Morgan fingerprint density at radius 1 is 0.346 bits per heavy atom. The third-order valence-electron chi connectivity index (χ3n) is 12.0. The van der Waals surface area contributed by atoms with Crippen LogP contribution < -0.4 is 0 Å². The molecule has 0 spiro atoms. The van der Waals surface area contributed by atoms with Gasteiger partial charge in [-0.3, -0.25) is 0 Å². The van der Waals surface area contributed by atoms with Crippen LogP contribution in [0.15, 0.2) is 152 Å². The van der Waals surface area contributed by atoms with Crippen LogP contribution in [0.25, 0.3) is 88.4 Å². The SMILES string of the molecule is CC1(C)c2ccccc2-c2ccc(-c3nc(-c4ccccc4)nc(-c4cc5ccc6ccccc6c5c5ccc6ccccc6c45)n3)cc2C1(C)C. The van der Waals surface area contributed by atoms with E-state index in [1.807, 2.05) is 18.2 Å². The van der Waals surface area contributed by atoms with Gasteiger partial charge in [-0.15, -0.1) is 0 Å². The monoisotopic (exact) mass is 667 g/mol. The molecule has 1 aliphatic rings. The molecule has 0 aliphatic heterocycles. The summed E-state index contributed by atoms with van der Waals surface area (Å²) in [5, 5.41) is 9.61. The average molecular weight is 668 g/mol. The number of benzene rings is 8. The van der Waals surface area contributed by atoms with Crippen LogP contribution in [0.4, 0.5) is 0 Å². The third-order valence-corrected chi connectivity index (χ3v) is 12.0. The Balaban J connectivity index is 1.28. The van der Waals surface area contributed by atoms with Gasteiger partial charge in [-0.1, -0.05) is 167 Å². The molecule has 0 radical (unpaired) electrons. The second-order valence-corrected chi connectivity index (χ2v) is 15.2. The van der Waals surface area contributed by atoms with Crippen LogP contribution >= 0.6 is 0 Å². The Morgan fingerprint density at radius 2 is 0.904 bits per heavy atom. The lowest BCUT2D eigenvalue weighted by atomic mass is 9.55. The van der Waals surface area contributed by atoms with Crippen LogP contribution in [-0.4, -0.2) is 15.0 Å². The maximum absolute atomic E-state index is 5.38. The molecule has 8 aromatic carbocycles. The summed E-state index contributed by atoms with van der Waals surface area (Å²) in [4.78, 5) is 15.9. The second-order valence-electron chi connectivity index (χ2n) is 15.2. The Kier molecular flexibility index (Phi) is 6.57. The lowest BCUT2D eigenvalue weighted by molar-refractivity contribution is 0.299. The van der Waals surface area contributed by atoms with Gasteiger partial charge in [0.15, 0.2) is 17.5 Å². The molecule has 1 aromatic heterocycles. The number of nitrogens with zero attached hydrogens (tertiary/aromatic N) is 3. The van der Waals surface area contributed by atoms with Gasteiger partial charge in [-0.2, -0.15) is 0 Å². The molecule has 0 atom stereocenters. The Hall–Kier alpha value is -6.19. The summed E-state index contributed by atoms with van der Waals surface area (Å²) in [5.41, 5.74) is 8.01.